The number of aromatic nitrogens is 2. The number of hydrogen-bond acceptors (Lipinski definition) is 10. The van der Waals surface area contributed by atoms with Crippen LogP contribution >= 0.6 is 0 Å². The van der Waals surface area contributed by atoms with Crippen molar-refractivity contribution in [3.05, 3.63) is 17.5 Å². The minimum atomic E-state index is -0.980. The first-order chi connectivity index (χ1) is 21.1. The number of carbonyl (C=O) groups is 3. The Labute approximate surface area is 267 Å². The van der Waals surface area contributed by atoms with Gasteiger partial charge in [0.15, 0.2) is 11.6 Å². The van der Waals surface area contributed by atoms with Crippen LogP contribution in [0.3, 0.4) is 0 Å². The van der Waals surface area contributed by atoms with Crippen LogP contribution in [0, 0.1) is 5.41 Å². The van der Waals surface area contributed by atoms with Gasteiger partial charge in [0, 0.05) is 30.0 Å². The second kappa shape index (κ2) is 12.5. The standard InChI is InChI=1S/C34H51N5O6/c1-21(24-13-11-17-38(24)7)43-26-18-27(44-22-19-33(5,6)39(20-22)31(42)45-32(2,3)4)37-30(36-26)28(35)23-12-10-16-34(29(23)41)15-9-8-14-25(34)40/h18,21-22,24H,8-17,19-20,35H2,1-7H3/b28-23-/t21-,22?,24-,34+/m0/s1. The molecule has 3 heterocycles. The van der Waals surface area contributed by atoms with E-state index in [9.17, 15) is 14.4 Å². The van der Waals surface area contributed by atoms with E-state index in [-0.39, 0.29) is 47.2 Å². The number of nitrogens with zero attached hydrogens (tertiary/aromatic N) is 4. The number of amides is 1. The lowest BCUT2D eigenvalue weighted by molar-refractivity contribution is -0.143. The van der Waals surface area contributed by atoms with Crippen LogP contribution in [0.25, 0.3) is 5.70 Å². The fourth-order valence-corrected chi connectivity index (χ4v) is 7.58. The van der Waals surface area contributed by atoms with E-state index in [1.54, 1.807) is 11.0 Å². The maximum atomic E-state index is 13.9. The monoisotopic (exact) mass is 625 g/mol. The maximum Gasteiger partial charge on any atom is 0.410 e. The van der Waals surface area contributed by atoms with Crippen LogP contribution in [0.5, 0.6) is 11.8 Å². The maximum absolute atomic E-state index is 13.9. The second-order valence-electron chi connectivity index (χ2n) is 15.0. The van der Waals surface area contributed by atoms with Gasteiger partial charge in [0.2, 0.25) is 11.8 Å². The SMILES string of the molecule is C[C@H](Oc1cc(OC2CN(C(=O)OC(C)(C)C)C(C)(C)C2)nc(/C(N)=C2\CCC[C@@]3(CCCCC3=O)C2=O)n1)[C@@H]1CCCN1C. The molecule has 1 spiro atoms. The van der Waals surface area contributed by atoms with Crippen LogP contribution < -0.4 is 15.2 Å². The van der Waals surface area contributed by atoms with Gasteiger partial charge in [0.05, 0.1) is 23.7 Å². The van der Waals surface area contributed by atoms with Gasteiger partial charge >= 0.3 is 6.09 Å². The van der Waals surface area contributed by atoms with Gasteiger partial charge in [0.25, 0.3) is 0 Å². The summed E-state index contributed by atoms with van der Waals surface area (Å²) in [7, 11) is 2.09. The summed E-state index contributed by atoms with van der Waals surface area (Å²) in [5.74, 6) is 0.557. The van der Waals surface area contributed by atoms with Crippen molar-refractivity contribution in [3.8, 4) is 11.8 Å². The molecule has 2 saturated heterocycles. The van der Waals surface area contributed by atoms with Crippen molar-refractivity contribution in [2.45, 2.75) is 135 Å². The van der Waals surface area contributed by atoms with Gasteiger partial charge in [0.1, 0.15) is 23.6 Å². The molecule has 1 aromatic heterocycles. The van der Waals surface area contributed by atoms with E-state index in [2.05, 4.69) is 21.9 Å². The quantitative estimate of drug-likeness (QED) is 0.337. The van der Waals surface area contributed by atoms with Crippen molar-refractivity contribution in [2.24, 2.45) is 11.1 Å². The number of hydrogen-bond donors (Lipinski definition) is 1. The molecule has 0 bridgehead atoms. The average Bonchev–Trinajstić information content (AvgIpc) is 3.51. The summed E-state index contributed by atoms with van der Waals surface area (Å²) in [6.07, 6.45) is 6.19. The van der Waals surface area contributed by atoms with E-state index < -0.39 is 22.6 Å². The molecular formula is C34H51N5O6. The Morgan fingerprint density at radius 3 is 2.44 bits per heavy atom. The lowest BCUT2D eigenvalue weighted by atomic mass is 9.62. The third-order valence-electron chi connectivity index (χ3n) is 9.95. The zero-order valence-electron chi connectivity index (χ0n) is 28.1. The molecule has 2 saturated carbocycles. The van der Waals surface area contributed by atoms with Crippen LogP contribution in [0.1, 0.15) is 112 Å². The zero-order chi connectivity index (χ0) is 32.7. The van der Waals surface area contributed by atoms with Crippen molar-refractivity contribution in [1.82, 2.24) is 19.8 Å². The average molecular weight is 626 g/mol. The molecule has 5 rings (SSSR count). The van der Waals surface area contributed by atoms with Gasteiger partial charge in [-0.1, -0.05) is 6.42 Å². The van der Waals surface area contributed by atoms with E-state index in [4.69, 9.17) is 19.9 Å². The van der Waals surface area contributed by atoms with Crippen molar-refractivity contribution < 1.29 is 28.6 Å². The molecule has 2 aliphatic heterocycles. The van der Waals surface area contributed by atoms with Crippen molar-refractivity contribution in [3.63, 3.8) is 0 Å². The van der Waals surface area contributed by atoms with Crippen LogP contribution in [0.4, 0.5) is 4.79 Å². The summed E-state index contributed by atoms with van der Waals surface area (Å²) in [4.78, 5) is 53.3. The third-order valence-corrected chi connectivity index (χ3v) is 9.95. The molecule has 248 valence electrons. The molecule has 0 aromatic carbocycles. The summed E-state index contributed by atoms with van der Waals surface area (Å²) >= 11 is 0. The highest BCUT2D eigenvalue weighted by atomic mass is 16.6. The largest absolute Gasteiger partial charge is 0.473 e. The molecule has 2 N–H and O–H groups in total. The van der Waals surface area contributed by atoms with E-state index in [0.717, 1.165) is 32.2 Å². The lowest BCUT2D eigenvalue weighted by Gasteiger charge is -2.38. The first kappa shape index (κ1) is 33.2. The minimum Gasteiger partial charge on any atom is -0.473 e. The Bertz CT molecular complexity index is 1350. The molecule has 45 heavy (non-hydrogen) atoms. The van der Waals surface area contributed by atoms with Gasteiger partial charge in [-0.3, -0.25) is 19.4 Å². The van der Waals surface area contributed by atoms with Crippen molar-refractivity contribution >= 4 is 23.4 Å². The Morgan fingerprint density at radius 1 is 1.07 bits per heavy atom. The summed E-state index contributed by atoms with van der Waals surface area (Å²) in [5, 5.41) is 0. The molecule has 11 heteroatoms. The van der Waals surface area contributed by atoms with E-state index in [1.807, 2.05) is 41.5 Å². The topological polar surface area (TPSA) is 137 Å². The summed E-state index contributed by atoms with van der Waals surface area (Å²) in [5.41, 5.74) is 5.20. The number of likely N-dealkylation sites (tertiary alicyclic amines) is 2. The van der Waals surface area contributed by atoms with Crippen molar-refractivity contribution in [1.29, 1.82) is 0 Å². The van der Waals surface area contributed by atoms with Gasteiger partial charge in [-0.15, -0.1) is 0 Å². The number of rotatable bonds is 6. The highest BCUT2D eigenvalue weighted by Crippen LogP contribution is 2.45. The lowest BCUT2D eigenvalue weighted by Crippen LogP contribution is -2.45. The van der Waals surface area contributed by atoms with Crippen LogP contribution in [-0.2, 0) is 14.3 Å². The summed E-state index contributed by atoms with van der Waals surface area (Å²) in [6.45, 7) is 12.9. The summed E-state index contributed by atoms with van der Waals surface area (Å²) < 4.78 is 18.5. The number of ketones is 2. The number of ether oxygens (including phenoxy) is 3. The molecule has 4 fully saturated rings. The normalized spacial score (nSPS) is 29.2. The van der Waals surface area contributed by atoms with E-state index in [0.29, 0.717) is 56.5 Å². The summed E-state index contributed by atoms with van der Waals surface area (Å²) in [6, 6.07) is 1.89. The molecule has 4 aliphatic rings. The van der Waals surface area contributed by atoms with Crippen LogP contribution in [0.15, 0.2) is 11.6 Å². The molecular weight excluding hydrogens is 574 g/mol. The molecule has 1 aromatic rings. The molecule has 0 radical (unpaired) electrons. The van der Waals surface area contributed by atoms with Gasteiger partial charge in [-0.05, 0) is 100 Å². The van der Waals surface area contributed by atoms with Crippen LogP contribution in [-0.4, -0.2) is 87.0 Å². The minimum absolute atomic E-state index is 0.0265. The smallest absolute Gasteiger partial charge is 0.410 e. The first-order valence-electron chi connectivity index (χ1n) is 16.6. The fraction of sp³-hybridized carbons (Fsp3) is 0.735. The van der Waals surface area contributed by atoms with Gasteiger partial charge in [-0.25, -0.2) is 4.79 Å². The van der Waals surface area contributed by atoms with Crippen molar-refractivity contribution in [2.75, 3.05) is 20.1 Å². The highest BCUT2D eigenvalue weighted by molar-refractivity contribution is 6.17. The third kappa shape index (κ3) is 6.98. The zero-order valence-corrected chi connectivity index (χ0v) is 28.1. The fourth-order valence-electron chi connectivity index (χ4n) is 7.58. The number of Topliss-reactive ketones (excluding diaryl/α,β-unsaturated/α-hetero) is 2. The molecule has 1 unspecified atom stereocenters. The van der Waals surface area contributed by atoms with E-state index >= 15 is 0 Å². The van der Waals surface area contributed by atoms with Gasteiger partial charge < -0.3 is 19.9 Å². The molecule has 4 atom stereocenters. The molecule has 11 nitrogen and oxygen atoms in total. The Hall–Kier alpha value is -3.21. The second-order valence-corrected chi connectivity index (χ2v) is 15.0. The molecule has 2 aliphatic carbocycles. The number of allylic oxidation sites excluding steroid dienone is 1. The predicted molar refractivity (Wildman–Crippen MR) is 170 cm³/mol. The molecule has 1 amide bonds. The van der Waals surface area contributed by atoms with Crippen LogP contribution in [0.2, 0.25) is 0 Å². The highest BCUT2D eigenvalue weighted by Gasteiger charge is 2.50. The number of nitrogens with two attached hydrogens (primary N) is 1. The number of carbonyl (C=O) groups excluding carboxylic acids is 3. The van der Waals surface area contributed by atoms with Gasteiger partial charge in [-0.2, -0.15) is 9.97 Å². The Kier molecular flexibility index (Phi) is 9.23. The number of likely N-dealkylation sites (N-methyl/N-ethyl adjacent to an activating group) is 1. The predicted octanol–water partition coefficient (Wildman–Crippen LogP) is 5.06. The first-order valence-corrected chi connectivity index (χ1v) is 16.6. The Morgan fingerprint density at radius 2 is 1.78 bits per heavy atom. The van der Waals surface area contributed by atoms with E-state index in [1.165, 1.54) is 0 Å². The Balaban J connectivity index is 1.45.